The van der Waals surface area contributed by atoms with Crippen molar-refractivity contribution in [1.82, 2.24) is 0 Å². The van der Waals surface area contributed by atoms with Crippen molar-refractivity contribution in [3.05, 3.63) is 60.7 Å². The maximum Gasteiger partial charge on any atom is 0.232 e. The van der Waals surface area contributed by atoms with Gasteiger partial charge in [-0.25, -0.2) is 8.42 Å². The maximum absolute atomic E-state index is 11.9. The second-order valence-electron chi connectivity index (χ2n) is 6.06. The molecule has 0 aromatic heterocycles. The van der Waals surface area contributed by atoms with Gasteiger partial charge < -0.3 is 10.6 Å². The molecule has 0 radical (unpaired) electrons. The quantitative estimate of drug-likeness (QED) is 0.676. The predicted molar refractivity (Wildman–Crippen MR) is 111 cm³/mol. The first-order valence-corrected chi connectivity index (χ1v) is 10.3. The van der Waals surface area contributed by atoms with Crippen LogP contribution in [0.4, 0.5) is 22.7 Å². The van der Waals surface area contributed by atoms with Crippen LogP contribution >= 0.6 is 0 Å². The maximum atomic E-state index is 11.9. The number of rotatable bonds is 6. The number of benzene rings is 3. The van der Waals surface area contributed by atoms with Crippen molar-refractivity contribution in [2.24, 2.45) is 0 Å². The molecule has 0 aliphatic heterocycles. The van der Waals surface area contributed by atoms with E-state index >= 15 is 0 Å². The predicted octanol–water partition coefficient (Wildman–Crippen LogP) is 4.41. The minimum Gasteiger partial charge on any atom is -0.388 e. The zero-order valence-electron chi connectivity index (χ0n) is 15.2. The molecule has 3 aromatic carbocycles. The lowest BCUT2D eigenvalue weighted by Gasteiger charge is -2.21. The lowest BCUT2D eigenvalue weighted by molar-refractivity contribution is 0.598. The molecule has 0 aliphatic carbocycles. The van der Waals surface area contributed by atoms with Crippen LogP contribution in [0.3, 0.4) is 0 Å². The van der Waals surface area contributed by atoms with E-state index in [1.54, 1.807) is 0 Å². The fourth-order valence-electron chi connectivity index (χ4n) is 3.10. The van der Waals surface area contributed by atoms with Gasteiger partial charge in [-0.2, -0.15) is 0 Å². The molecule has 0 saturated heterocycles. The third-order valence-electron chi connectivity index (χ3n) is 4.32. The van der Waals surface area contributed by atoms with Crippen molar-refractivity contribution in [3.8, 4) is 0 Å². The summed E-state index contributed by atoms with van der Waals surface area (Å²) in [7, 11) is -1.36. The van der Waals surface area contributed by atoms with Crippen molar-refractivity contribution in [2.75, 3.05) is 34.8 Å². The van der Waals surface area contributed by atoms with Crippen LogP contribution in [0, 0.1) is 0 Å². The van der Waals surface area contributed by atoms with Crippen LogP contribution in [0.2, 0.25) is 0 Å². The number of fused-ring (bicyclic) bond motifs is 1. The molecule has 26 heavy (non-hydrogen) atoms. The zero-order chi connectivity index (χ0) is 18.7. The Labute approximate surface area is 154 Å². The van der Waals surface area contributed by atoms with Crippen molar-refractivity contribution in [1.29, 1.82) is 0 Å². The fourth-order valence-corrected chi connectivity index (χ4v) is 4.07. The topological polar surface area (TPSA) is 61.4 Å². The van der Waals surface area contributed by atoms with Crippen LogP contribution in [-0.2, 0) is 10.0 Å². The highest BCUT2D eigenvalue weighted by molar-refractivity contribution is 7.92. The summed E-state index contributed by atoms with van der Waals surface area (Å²) in [5.74, 6) is 0. The highest BCUT2D eigenvalue weighted by atomic mass is 32.2. The van der Waals surface area contributed by atoms with E-state index in [0.29, 0.717) is 12.2 Å². The van der Waals surface area contributed by atoms with Gasteiger partial charge in [-0.05, 0) is 43.3 Å². The fraction of sp³-hybridized carbons (Fsp3) is 0.200. The molecule has 5 nitrogen and oxygen atoms in total. The van der Waals surface area contributed by atoms with Gasteiger partial charge in [-0.15, -0.1) is 0 Å². The van der Waals surface area contributed by atoms with Crippen molar-refractivity contribution >= 4 is 43.5 Å². The normalized spacial score (nSPS) is 11.3. The van der Waals surface area contributed by atoms with E-state index in [-0.39, 0.29) is 0 Å². The Balaban J connectivity index is 1.92. The molecular formula is C20H23N3O2S. The van der Waals surface area contributed by atoms with E-state index in [9.17, 15) is 8.42 Å². The Hall–Kier alpha value is -2.73. The van der Waals surface area contributed by atoms with Crippen molar-refractivity contribution in [2.45, 2.75) is 6.92 Å². The molecule has 0 amide bonds. The molecule has 3 aromatic rings. The Morgan fingerprint density at radius 2 is 1.46 bits per heavy atom. The van der Waals surface area contributed by atoms with E-state index in [1.807, 2.05) is 62.5 Å². The van der Waals surface area contributed by atoms with Gasteiger partial charge in [0.2, 0.25) is 10.0 Å². The summed E-state index contributed by atoms with van der Waals surface area (Å²) >= 11 is 0. The Morgan fingerprint density at radius 3 is 2.00 bits per heavy atom. The molecule has 136 valence electrons. The summed E-state index contributed by atoms with van der Waals surface area (Å²) in [4.78, 5) is 0. The number of nitrogens with zero attached hydrogens (tertiary/aromatic N) is 1. The average molecular weight is 369 g/mol. The number of hydrogen-bond acceptors (Lipinski definition) is 4. The average Bonchev–Trinajstić information content (AvgIpc) is 2.63. The second-order valence-corrected chi connectivity index (χ2v) is 7.96. The van der Waals surface area contributed by atoms with Gasteiger partial charge in [-0.3, -0.25) is 4.31 Å². The first kappa shape index (κ1) is 18.1. The molecule has 0 saturated carbocycles. The van der Waals surface area contributed by atoms with Gasteiger partial charge >= 0.3 is 0 Å². The monoisotopic (exact) mass is 369 g/mol. The molecule has 0 atom stereocenters. The van der Waals surface area contributed by atoms with Gasteiger partial charge in [0, 0.05) is 41.4 Å². The van der Waals surface area contributed by atoms with E-state index in [0.717, 1.165) is 27.8 Å². The first-order chi connectivity index (χ1) is 12.4. The minimum absolute atomic E-state index is 0.404. The second kappa shape index (κ2) is 7.25. The van der Waals surface area contributed by atoms with Crippen LogP contribution in [0.25, 0.3) is 10.8 Å². The van der Waals surface area contributed by atoms with E-state index in [1.165, 1.54) is 10.6 Å². The van der Waals surface area contributed by atoms with E-state index in [4.69, 9.17) is 0 Å². The van der Waals surface area contributed by atoms with Crippen molar-refractivity contribution < 1.29 is 8.42 Å². The largest absolute Gasteiger partial charge is 0.388 e. The van der Waals surface area contributed by atoms with Gasteiger partial charge in [0.1, 0.15) is 0 Å². The molecule has 0 fully saturated rings. The lowest BCUT2D eigenvalue weighted by Crippen LogP contribution is -2.29. The minimum atomic E-state index is -3.27. The molecule has 0 spiro atoms. The van der Waals surface area contributed by atoms with Gasteiger partial charge in [0.05, 0.1) is 11.9 Å². The summed E-state index contributed by atoms with van der Waals surface area (Å²) in [5.41, 5.74) is 3.65. The van der Waals surface area contributed by atoms with Crippen molar-refractivity contribution in [3.63, 3.8) is 0 Å². The van der Waals surface area contributed by atoms with Gasteiger partial charge in [-0.1, -0.05) is 24.3 Å². The molecule has 2 N–H and O–H groups in total. The summed E-state index contributed by atoms with van der Waals surface area (Å²) in [6, 6.07) is 19.7. The van der Waals surface area contributed by atoms with Crippen LogP contribution in [0.5, 0.6) is 0 Å². The highest BCUT2D eigenvalue weighted by Crippen LogP contribution is 2.32. The van der Waals surface area contributed by atoms with E-state index < -0.39 is 10.0 Å². The zero-order valence-corrected chi connectivity index (χ0v) is 16.0. The lowest BCUT2D eigenvalue weighted by atomic mass is 10.1. The summed E-state index contributed by atoms with van der Waals surface area (Å²) < 4.78 is 25.1. The van der Waals surface area contributed by atoms with Crippen LogP contribution < -0.4 is 14.9 Å². The Bertz CT molecular complexity index is 1010. The smallest absolute Gasteiger partial charge is 0.232 e. The summed E-state index contributed by atoms with van der Waals surface area (Å²) in [6.45, 7) is 2.23. The standard InChI is InChI=1S/C20H23N3O2S/c1-4-23(26(3,24)25)16-11-9-15(10-12-16)22-20-14-13-19(21-2)17-7-5-6-8-18(17)20/h5-14,21-22H,4H2,1-3H3. The number of anilines is 4. The molecular weight excluding hydrogens is 346 g/mol. The summed E-state index contributed by atoms with van der Waals surface area (Å²) in [5, 5.41) is 8.90. The number of sulfonamides is 1. The van der Waals surface area contributed by atoms with Crippen LogP contribution in [0.1, 0.15) is 6.92 Å². The molecule has 0 heterocycles. The van der Waals surface area contributed by atoms with Gasteiger partial charge in [0.15, 0.2) is 0 Å². The summed E-state index contributed by atoms with van der Waals surface area (Å²) in [6.07, 6.45) is 1.22. The van der Waals surface area contributed by atoms with Crippen LogP contribution in [-0.4, -0.2) is 28.3 Å². The van der Waals surface area contributed by atoms with Crippen LogP contribution in [0.15, 0.2) is 60.7 Å². The molecule has 0 aliphatic rings. The van der Waals surface area contributed by atoms with E-state index in [2.05, 4.69) is 22.8 Å². The first-order valence-electron chi connectivity index (χ1n) is 8.48. The molecule has 0 unspecified atom stereocenters. The highest BCUT2D eigenvalue weighted by Gasteiger charge is 2.14. The molecule has 3 rings (SSSR count). The third-order valence-corrected chi connectivity index (χ3v) is 5.58. The Kier molecular flexibility index (Phi) is 5.04. The Morgan fingerprint density at radius 1 is 0.885 bits per heavy atom. The molecule has 6 heteroatoms. The third kappa shape index (κ3) is 3.60. The van der Waals surface area contributed by atoms with Gasteiger partial charge in [0.25, 0.3) is 0 Å². The SMILES string of the molecule is CCN(c1ccc(Nc2ccc(NC)c3ccccc23)cc1)S(C)(=O)=O. The number of nitrogens with one attached hydrogen (secondary N) is 2. The number of hydrogen-bond donors (Lipinski definition) is 2. The molecule has 0 bridgehead atoms.